The van der Waals surface area contributed by atoms with Gasteiger partial charge in [0.1, 0.15) is 16.7 Å². The van der Waals surface area contributed by atoms with Crippen molar-refractivity contribution in [2.45, 2.75) is 64.0 Å². The first-order valence-electron chi connectivity index (χ1n) is 13.0. The Hall–Kier alpha value is -4.04. The molecule has 1 fully saturated rings. The summed E-state index contributed by atoms with van der Waals surface area (Å²) < 4.78 is 7.32. The van der Waals surface area contributed by atoms with Crippen LogP contribution in [0.2, 0.25) is 0 Å². The quantitative estimate of drug-likeness (QED) is 0.338. The molecule has 1 saturated carbocycles. The smallest absolute Gasteiger partial charge is 0.410 e. The van der Waals surface area contributed by atoms with Crippen molar-refractivity contribution >= 4 is 28.6 Å². The maximum absolute atomic E-state index is 12.5. The number of fused-ring (bicyclic) bond motifs is 1. The van der Waals surface area contributed by atoms with Crippen LogP contribution in [0.25, 0.3) is 27.5 Å². The molecule has 0 aromatic carbocycles. The zero-order valence-corrected chi connectivity index (χ0v) is 23.6. The monoisotopic (exact) mass is 544 g/mol. The number of hydrogen-bond donors (Lipinski definition) is 1. The van der Waals surface area contributed by atoms with Crippen molar-refractivity contribution < 1.29 is 9.53 Å². The SMILES string of the molecule is CNc1cc(-c2ccc3cc(C#N)cnn23)ncc1-c1nnc([C@H]2CC[C@H](N(C)C(=O)OC(C)(C)C)CC2)s1. The van der Waals surface area contributed by atoms with Gasteiger partial charge in [-0.05, 0) is 70.7 Å². The molecule has 0 radical (unpaired) electrons. The third-order valence-electron chi connectivity index (χ3n) is 7.01. The Bertz CT molecular complexity index is 1540. The predicted octanol–water partition coefficient (Wildman–Crippen LogP) is 5.72. The average Bonchev–Trinajstić information content (AvgIpc) is 3.59. The Labute approximate surface area is 231 Å². The molecule has 0 unspecified atom stereocenters. The molecule has 39 heavy (non-hydrogen) atoms. The minimum absolute atomic E-state index is 0.169. The number of rotatable bonds is 5. The van der Waals surface area contributed by atoms with Crippen molar-refractivity contribution in [3.05, 3.63) is 47.2 Å². The van der Waals surface area contributed by atoms with Crippen LogP contribution in [0.15, 0.2) is 36.7 Å². The van der Waals surface area contributed by atoms with E-state index in [-0.39, 0.29) is 12.1 Å². The molecule has 11 heteroatoms. The first-order valence-corrected chi connectivity index (χ1v) is 13.8. The van der Waals surface area contributed by atoms with E-state index in [2.05, 4.69) is 26.7 Å². The van der Waals surface area contributed by atoms with Crippen molar-refractivity contribution in [2.24, 2.45) is 0 Å². The first-order chi connectivity index (χ1) is 18.7. The molecule has 0 atom stereocenters. The number of ether oxygens (including phenoxy) is 1. The van der Waals surface area contributed by atoms with Gasteiger partial charge in [0.2, 0.25) is 0 Å². The standard InChI is InChI=1S/C28H32N8O2S/c1-28(2,3)38-27(37)35(5)19-8-6-18(7-9-19)25-33-34-26(39-25)21-16-31-23(13-22(21)30-4)24-11-10-20-12-17(14-29)15-32-36(20)24/h10-13,15-16,18-19H,6-9H2,1-5H3,(H,30,31)/t18-,19-. The molecule has 4 aromatic heterocycles. The Morgan fingerprint density at radius 2 is 1.95 bits per heavy atom. The van der Waals surface area contributed by atoms with Crippen LogP contribution in [0.3, 0.4) is 0 Å². The number of pyridine rings is 1. The summed E-state index contributed by atoms with van der Waals surface area (Å²) in [6.07, 6.45) is 6.81. The highest BCUT2D eigenvalue weighted by molar-refractivity contribution is 7.14. The summed E-state index contributed by atoms with van der Waals surface area (Å²) in [5.74, 6) is 0.321. The molecule has 1 amide bonds. The molecule has 4 heterocycles. The Morgan fingerprint density at radius 3 is 2.64 bits per heavy atom. The van der Waals surface area contributed by atoms with Crippen LogP contribution in [0.5, 0.6) is 0 Å². The molecule has 1 aliphatic rings. The fraction of sp³-hybridized carbons (Fsp3) is 0.429. The molecular formula is C28H32N8O2S. The second kappa shape index (κ2) is 10.6. The van der Waals surface area contributed by atoms with E-state index in [1.165, 1.54) is 0 Å². The lowest BCUT2D eigenvalue weighted by molar-refractivity contribution is 0.0183. The lowest BCUT2D eigenvalue weighted by Crippen LogP contribution is -2.42. The highest BCUT2D eigenvalue weighted by Gasteiger charge is 2.31. The van der Waals surface area contributed by atoms with Gasteiger partial charge in [0.25, 0.3) is 0 Å². The molecule has 0 saturated heterocycles. The summed E-state index contributed by atoms with van der Waals surface area (Å²) in [5, 5.41) is 27.7. The summed E-state index contributed by atoms with van der Waals surface area (Å²) in [4.78, 5) is 18.9. The molecule has 0 aliphatic heterocycles. The van der Waals surface area contributed by atoms with Crippen LogP contribution in [0.1, 0.15) is 62.9 Å². The molecular weight excluding hydrogens is 512 g/mol. The molecule has 0 bridgehead atoms. The van der Waals surface area contributed by atoms with E-state index in [4.69, 9.17) is 15.0 Å². The molecule has 1 aliphatic carbocycles. The van der Waals surface area contributed by atoms with Gasteiger partial charge in [-0.1, -0.05) is 11.3 Å². The predicted molar refractivity (Wildman–Crippen MR) is 151 cm³/mol. The van der Waals surface area contributed by atoms with Crippen molar-refractivity contribution in [3.63, 3.8) is 0 Å². The number of carbonyl (C=O) groups excluding carboxylic acids is 1. The van der Waals surface area contributed by atoms with Gasteiger partial charge in [-0.25, -0.2) is 9.31 Å². The lowest BCUT2D eigenvalue weighted by Gasteiger charge is -2.35. The third-order valence-corrected chi connectivity index (χ3v) is 8.13. The van der Waals surface area contributed by atoms with Gasteiger partial charge in [-0.15, -0.1) is 10.2 Å². The van der Waals surface area contributed by atoms with Gasteiger partial charge in [0.05, 0.1) is 34.2 Å². The van der Waals surface area contributed by atoms with Crippen LogP contribution in [-0.2, 0) is 4.74 Å². The third kappa shape index (κ3) is 5.56. The van der Waals surface area contributed by atoms with Gasteiger partial charge in [0.15, 0.2) is 5.01 Å². The minimum Gasteiger partial charge on any atom is -0.444 e. The van der Waals surface area contributed by atoms with Gasteiger partial charge in [0, 0.05) is 37.9 Å². The number of amides is 1. The fourth-order valence-electron chi connectivity index (χ4n) is 4.93. The van der Waals surface area contributed by atoms with E-state index in [1.807, 2.05) is 59.3 Å². The summed E-state index contributed by atoms with van der Waals surface area (Å²) in [7, 11) is 3.70. The van der Waals surface area contributed by atoms with Gasteiger partial charge >= 0.3 is 6.09 Å². The van der Waals surface area contributed by atoms with Crippen molar-refractivity contribution in [2.75, 3.05) is 19.4 Å². The van der Waals surface area contributed by atoms with Crippen LogP contribution in [0, 0.1) is 11.3 Å². The number of anilines is 1. The second-order valence-electron chi connectivity index (χ2n) is 10.8. The second-order valence-corrected chi connectivity index (χ2v) is 11.8. The fourth-order valence-corrected chi connectivity index (χ4v) is 5.96. The lowest BCUT2D eigenvalue weighted by atomic mass is 9.86. The molecule has 10 nitrogen and oxygen atoms in total. The van der Waals surface area contributed by atoms with Crippen LogP contribution >= 0.6 is 11.3 Å². The molecule has 5 rings (SSSR count). The van der Waals surface area contributed by atoms with E-state index < -0.39 is 5.60 Å². The van der Waals surface area contributed by atoms with Gasteiger partial charge < -0.3 is 15.0 Å². The minimum atomic E-state index is -0.500. The molecule has 1 N–H and O–H groups in total. The van der Waals surface area contributed by atoms with Crippen LogP contribution < -0.4 is 5.32 Å². The maximum Gasteiger partial charge on any atom is 0.410 e. The van der Waals surface area contributed by atoms with Crippen molar-refractivity contribution in [3.8, 4) is 28.0 Å². The maximum atomic E-state index is 12.5. The zero-order valence-electron chi connectivity index (χ0n) is 22.8. The topological polar surface area (TPSA) is 121 Å². The number of hydrogen-bond acceptors (Lipinski definition) is 9. The number of nitrogens with zero attached hydrogens (tertiary/aromatic N) is 7. The summed E-state index contributed by atoms with van der Waals surface area (Å²) in [6.45, 7) is 5.66. The number of nitriles is 1. The highest BCUT2D eigenvalue weighted by Crippen LogP contribution is 2.39. The van der Waals surface area contributed by atoms with Crippen molar-refractivity contribution in [1.29, 1.82) is 5.26 Å². The van der Waals surface area contributed by atoms with E-state index >= 15 is 0 Å². The summed E-state index contributed by atoms with van der Waals surface area (Å²) in [6, 6.07) is 9.95. The van der Waals surface area contributed by atoms with Crippen molar-refractivity contribution in [1.82, 2.24) is 29.7 Å². The zero-order chi connectivity index (χ0) is 27.7. The van der Waals surface area contributed by atoms with E-state index in [1.54, 1.807) is 33.0 Å². The van der Waals surface area contributed by atoms with E-state index in [9.17, 15) is 4.79 Å². The largest absolute Gasteiger partial charge is 0.444 e. The number of carbonyl (C=O) groups is 1. The Kier molecular flexibility index (Phi) is 7.23. The number of nitrogens with one attached hydrogen (secondary N) is 1. The molecule has 4 aromatic rings. The Balaban J connectivity index is 1.30. The van der Waals surface area contributed by atoms with Gasteiger partial charge in [-0.2, -0.15) is 10.4 Å². The van der Waals surface area contributed by atoms with Gasteiger partial charge in [-0.3, -0.25) is 4.98 Å². The summed E-state index contributed by atoms with van der Waals surface area (Å²) >= 11 is 1.60. The van der Waals surface area contributed by atoms with E-state index in [0.717, 1.165) is 63.9 Å². The summed E-state index contributed by atoms with van der Waals surface area (Å²) in [5.41, 5.74) is 4.24. The average molecular weight is 545 g/mol. The van der Waals surface area contributed by atoms with Crippen LogP contribution in [-0.4, -0.2) is 61.5 Å². The number of aromatic nitrogens is 5. The normalized spacial score (nSPS) is 17.5. The van der Waals surface area contributed by atoms with E-state index in [0.29, 0.717) is 11.5 Å². The molecule has 202 valence electrons. The molecule has 0 spiro atoms. The first kappa shape index (κ1) is 26.6. The Morgan fingerprint density at radius 1 is 1.18 bits per heavy atom. The highest BCUT2D eigenvalue weighted by atomic mass is 32.1. The van der Waals surface area contributed by atoms with Crippen LogP contribution in [0.4, 0.5) is 10.5 Å².